The highest BCUT2D eigenvalue weighted by Crippen LogP contribution is 2.27. The molecule has 0 spiro atoms. The maximum atomic E-state index is 12.1. The van der Waals surface area contributed by atoms with E-state index < -0.39 is 0 Å². The average molecular weight is 1660 g/mol. The molecule has 0 saturated carbocycles. The number of unbranched alkanes of at least 4 members (excludes halogenated alkanes) is 42. The molecule has 5 amide bonds. The molecule has 0 aromatic carbocycles. The van der Waals surface area contributed by atoms with E-state index in [0.717, 1.165) is 142 Å². The predicted octanol–water partition coefficient (Wildman–Crippen LogP) is 22.4. The molecule has 20 nitrogen and oxygen atoms in total. The molecule has 682 valence electrons. The molecule has 0 aliphatic carbocycles. The van der Waals surface area contributed by atoms with E-state index >= 15 is 0 Å². The maximum absolute atomic E-state index is 12.1. The van der Waals surface area contributed by atoms with Gasteiger partial charge in [-0.25, -0.2) is 0 Å². The molecule has 0 radical (unpaired) electrons. The topological polar surface area (TPSA) is 233 Å². The first-order valence-electron chi connectivity index (χ1n) is 49.2. The summed E-state index contributed by atoms with van der Waals surface area (Å²) >= 11 is 0. The zero-order chi connectivity index (χ0) is 86.0. The lowest BCUT2D eigenvalue weighted by atomic mass is 10.1. The summed E-state index contributed by atoms with van der Waals surface area (Å²) in [6.45, 7) is 31.1. The maximum Gasteiger partial charge on any atom is 0.311 e. The lowest BCUT2D eigenvalue weighted by molar-refractivity contribution is -0.149. The van der Waals surface area contributed by atoms with Gasteiger partial charge in [-0.05, 0) is 64.2 Å². The summed E-state index contributed by atoms with van der Waals surface area (Å²) in [5.41, 5.74) is 0. The molecule has 5 rings (SSSR count). The Bertz CT molecular complexity index is 2520. The van der Waals surface area contributed by atoms with Gasteiger partial charge >= 0.3 is 29.8 Å². The van der Waals surface area contributed by atoms with Crippen LogP contribution in [0.1, 0.15) is 435 Å². The molecular formula is C97H179N5O15. The molecule has 0 aromatic heterocycles. The Labute approximate surface area is 715 Å². The van der Waals surface area contributed by atoms with Crippen LogP contribution in [0.3, 0.4) is 0 Å². The summed E-state index contributed by atoms with van der Waals surface area (Å²) in [7, 11) is 0. The number of ether oxygens (including phenoxy) is 5. The van der Waals surface area contributed by atoms with Crippen molar-refractivity contribution in [3.63, 3.8) is 0 Å². The number of amides is 5. The SMILES string of the molecule is CCCCCCCCCCCN1CC(C(=O)OCCCCCC)CC1=O.CCCCCCCCCCN1CC(C(=O)OCCCCCC)CC1=O.CCCCCCCCCN1CC(C(=O)OCCCCCC)CC1=O.CCCCCCCN1CC(C(=O)OCCCCCC)CC1=O.CCCCCCOC(=O)C1CC(=O)N(CCCCC)C1. The van der Waals surface area contributed by atoms with Crippen LogP contribution >= 0.6 is 0 Å². The number of nitrogens with zero attached hydrogens (tertiary/aromatic N) is 5. The van der Waals surface area contributed by atoms with Crippen LogP contribution < -0.4 is 0 Å². The summed E-state index contributed by atoms with van der Waals surface area (Å²) in [5.74, 6) is -1.53. The van der Waals surface area contributed by atoms with Crippen molar-refractivity contribution in [2.24, 2.45) is 29.6 Å². The lowest BCUT2D eigenvalue weighted by Gasteiger charge is -2.16. The minimum absolute atomic E-state index is 0.106. The van der Waals surface area contributed by atoms with Crippen LogP contribution in [0.4, 0.5) is 0 Å². The van der Waals surface area contributed by atoms with Crippen LogP contribution in [0.25, 0.3) is 0 Å². The first-order valence-corrected chi connectivity index (χ1v) is 49.2. The second-order valence-electron chi connectivity index (χ2n) is 34.4. The highest BCUT2D eigenvalue weighted by molar-refractivity contribution is 5.89. The summed E-state index contributed by atoms with van der Waals surface area (Å²) in [4.78, 5) is 129. The van der Waals surface area contributed by atoms with Crippen molar-refractivity contribution in [2.75, 3.05) is 98.5 Å². The third kappa shape index (κ3) is 56.8. The average Bonchev–Trinajstić information content (AvgIpc) is 1.75. The zero-order valence-electron chi connectivity index (χ0n) is 77.2. The number of carbonyl (C=O) groups excluding carboxylic acids is 10. The van der Waals surface area contributed by atoms with Gasteiger partial charge in [0.2, 0.25) is 29.5 Å². The molecule has 5 saturated heterocycles. The van der Waals surface area contributed by atoms with Crippen molar-refractivity contribution < 1.29 is 71.6 Å². The molecular weight excluding hydrogens is 1480 g/mol. The van der Waals surface area contributed by atoms with Crippen LogP contribution in [-0.4, -0.2) is 182 Å². The minimum Gasteiger partial charge on any atom is -0.465 e. The van der Waals surface area contributed by atoms with Gasteiger partial charge in [0.1, 0.15) is 0 Å². The van der Waals surface area contributed by atoms with Crippen LogP contribution in [0, 0.1) is 29.6 Å². The lowest BCUT2D eigenvalue weighted by Crippen LogP contribution is -2.27. The normalized spacial score (nSPS) is 17.6. The van der Waals surface area contributed by atoms with E-state index in [9.17, 15) is 47.9 Å². The fraction of sp³-hybridized carbons (Fsp3) is 0.897. The summed E-state index contributed by atoms with van der Waals surface area (Å²) in [6.07, 6.45) is 63.4. The number of likely N-dealkylation sites (tertiary alicyclic amines) is 5. The highest BCUT2D eigenvalue weighted by Gasteiger charge is 2.39. The first-order chi connectivity index (χ1) is 56.9. The smallest absolute Gasteiger partial charge is 0.311 e. The number of hydrogen-bond donors (Lipinski definition) is 0. The Kier molecular flexibility index (Phi) is 72.0. The molecule has 0 N–H and O–H groups in total. The number of carbonyl (C=O) groups is 10. The second-order valence-corrected chi connectivity index (χ2v) is 34.4. The summed E-state index contributed by atoms with van der Waals surface area (Å²) < 4.78 is 26.6. The summed E-state index contributed by atoms with van der Waals surface area (Å²) in [5, 5.41) is 0. The van der Waals surface area contributed by atoms with Gasteiger partial charge in [-0.1, -0.05) is 339 Å². The van der Waals surface area contributed by atoms with E-state index in [0.29, 0.717) is 97.9 Å². The van der Waals surface area contributed by atoms with E-state index in [4.69, 9.17) is 23.7 Å². The van der Waals surface area contributed by atoms with Crippen LogP contribution in [0.5, 0.6) is 0 Å². The Balaban J connectivity index is 0.000000733. The molecule has 5 atom stereocenters. The van der Waals surface area contributed by atoms with Crippen LogP contribution in [-0.2, 0) is 71.6 Å². The largest absolute Gasteiger partial charge is 0.465 e. The fourth-order valence-electron chi connectivity index (χ4n) is 15.6. The fourth-order valence-corrected chi connectivity index (χ4v) is 15.6. The molecule has 0 aromatic rings. The van der Waals surface area contributed by atoms with Crippen molar-refractivity contribution in [3.05, 3.63) is 0 Å². The van der Waals surface area contributed by atoms with Gasteiger partial charge < -0.3 is 48.2 Å². The van der Waals surface area contributed by atoms with Gasteiger partial charge in [0.05, 0.1) is 62.6 Å². The third-order valence-corrected chi connectivity index (χ3v) is 23.4. The van der Waals surface area contributed by atoms with Crippen LogP contribution in [0.15, 0.2) is 0 Å². The van der Waals surface area contributed by atoms with Gasteiger partial charge in [0.15, 0.2) is 0 Å². The van der Waals surface area contributed by atoms with E-state index in [2.05, 4.69) is 69.2 Å². The molecule has 0 bridgehead atoms. The third-order valence-electron chi connectivity index (χ3n) is 23.4. The van der Waals surface area contributed by atoms with Gasteiger partial charge in [0, 0.05) is 97.6 Å². The first kappa shape index (κ1) is 110. The second kappa shape index (κ2) is 76.8. The van der Waals surface area contributed by atoms with Gasteiger partial charge in [-0.2, -0.15) is 0 Å². The van der Waals surface area contributed by atoms with Crippen molar-refractivity contribution >= 4 is 59.4 Å². The summed E-state index contributed by atoms with van der Waals surface area (Å²) in [6, 6.07) is 0. The van der Waals surface area contributed by atoms with Gasteiger partial charge in [-0.15, -0.1) is 0 Å². The van der Waals surface area contributed by atoms with Crippen molar-refractivity contribution in [1.82, 2.24) is 24.5 Å². The monoisotopic (exact) mass is 1650 g/mol. The molecule has 5 fully saturated rings. The number of esters is 5. The molecule has 5 aliphatic rings. The molecule has 20 heteroatoms. The Morgan fingerprint density at radius 3 is 0.470 bits per heavy atom. The Morgan fingerprint density at radius 1 is 0.197 bits per heavy atom. The Hall–Kier alpha value is -5.30. The van der Waals surface area contributed by atoms with E-state index in [1.54, 1.807) is 0 Å². The minimum atomic E-state index is -0.243. The molecule has 5 aliphatic heterocycles. The molecule has 5 unspecified atom stereocenters. The number of hydrogen-bond acceptors (Lipinski definition) is 15. The van der Waals surface area contributed by atoms with Crippen molar-refractivity contribution in [2.45, 2.75) is 435 Å². The number of rotatable bonds is 67. The van der Waals surface area contributed by atoms with E-state index in [-0.39, 0.29) is 89.0 Å². The van der Waals surface area contributed by atoms with E-state index in [1.165, 1.54) is 225 Å². The zero-order valence-corrected chi connectivity index (χ0v) is 77.2. The molecule has 5 heterocycles. The van der Waals surface area contributed by atoms with Crippen molar-refractivity contribution in [1.29, 1.82) is 0 Å². The predicted molar refractivity (Wildman–Crippen MR) is 475 cm³/mol. The van der Waals surface area contributed by atoms with E-state index in [1.807, 2.05) is 24.5 Å². The van der Waals surface area contributed by atoms with Gasteiger partial charge in [-0.3, -0.25) is 47.9 Å². The highest BCUT2D eigenvalue weighted by atomic mass is 16.5. The quantitative estimate of drug-likeness (QED) is 0.0313. The standard InChI is InChI=1S/C22H41NO3.C21H39NO3.C20H37NO3.C18H33NO3.C16H29NO3/c1-3-5-7-9-10-11-12-13-14-16-23-19-20(18-21(23)24)22(25)26-17-15-8-6-4-2;1-3-5-7-9-10-11-12-13-15-22-18-19(17-20(22)23)21(24)25-16-14-8-6-4-2;1-3-5-7-9-10-11-12-14-21-17-18(16-19(21)22)20(23)24-15-13-8-6-4-2;1-3-5-7-9-10-12-19-15-16(14-17(19)20)18(21)22-13-11-8-6-4-2;1-3-5-7-9-11-20-16(19)14-12-15(18)17(13-14)10-8-6-4-2/h20H,3-19H2,1-2H3;19H,3-18H2,1-2H3;18H,3-17H2,1-2H3;16H,3-15H2,1-2H3;14H,3-13H2,1-2H3. The van der Waals surface area contributed by atoms with Crippen molar-refractivity contribution in [3.8, 4) is 0 Å². The Morgan fingerprint density at radius 2 is 0.316 bits per heavy atom. The molecule has 117 heavy (non-hydrogen) atoms. The van der Waals surface area contributed by atoms with Crippen LogP contribution in [0.2, 0.25) is 0 Å². The van der Waals surface area contributed by atoms with Gasteiger partial charge in [0.25, 0.3) is 0 Å².